The van der Waals surface area contributed by atoms with E-state index in [-0.39, 0.29) is 6.61 Å². The van der Waals surface area contributed by atoms with Crippen LogP contribution in [0.2, 0.25) is 0 Å². The summed E-state index contributed by atoms with van der Waals surface area (Å²) in [6, 6.07) is -0.965. The Bertz CT molecular complexity index is 153. The molecule has 0 fully saturated rings. The van der Waals surface area contributed by atoms with Crippen LogP contribution in [-0.4, -0.2) is 35.9 Å². The first-order valence-corrected chi connectivity index (χ1v) is 3.68. The molecule has 0 aromatic rings. The van der Waals surface area contributed by atoms with Crippen molar-refractivity contribution in [1.29, 1.82) is 0 Å². The predicted molar refractivity (Wildman–Crippen MR) is 44.7 cm³/mol. The Morgan fingerprint density at radius 3 is 2.50 bits per heavy atom. The van der Waals surface area contributed by atoms with Gasteiger partial charge in [0.25, 0.3) is 0 Å². The summed E-state index contributed by atoms with van der Waals surface area (Å²) in [6.45, 7) is 3.88. The Morgan fingerprint density at radius 1 is 1.67 bits per heavy atom. The smallest absolute Gasteiger partial charge is 0.322 e. The number of ether oxygens (including phenoxy) is 1. The van der Waals surface area contributed by atoms with Gasteiger partial charge in [-0.2, -0.15) is 0 Å². The van der Waals surface area contributed by atoms with Gasteiger partial charge in [0.1, 0.15) is 6.04 Å². The van der Waals surface area contributed by atoms with Crippen LogP contribution in [0.15, 0.2) is 0 Å². The van der Waals surface area contributed by atoms with Gasteiger partial charge >= 0.3 is 5.97 Å². The van der Waals surface area contributed by atoms with Crippen LogP contribution in [0.3, 0.4) is 0 Å². The fourth-order valence-corrected chi connectivity index (χ4v) is 0.520. The minimum absolute atomic E-state index is 0.00400. The third-order valence-corrected chi connectivity index (χ3v) is 1.09. The van der Waals surface area contributed by atoms with Crippen LogP contribution in [0.5, 0.6) is 0 Å². The zero-order valence-electron chi connectivity index (χ0n) is 7.41. The van der Waals surface area contributed by atoms with Gasteiger partial charge in [-0.3, -0.25) is 4.79 Å². The van der Waals surface area contributed by atoms with E-state index in [0.29, 0.717) is 6.61 Å². The van der Waals surface area contributed by atoms with Crippen molar-refractivity contribution in [3.8, 4) is 0 Å². The average molecular weight is 176 g/mol. The molecule has 0 aromatic carbocycles. The van der Waals surface area contributed by atoms with E-state index in [0.717, 1.165) is 0 Å². The summed E-state index contributed by atoms with van der Waals surface area (Å²) in [6.07, 6.45) is 0. The van der Waals surface area contributed by atoms with Gasteiger partial charge in [0.05, 0.1) is 13.2 Å². The number of carboxylic acids is 1. The normalized spacial score (nSPS) is 14.3. The lowest BCUT2D eigenvalue weighted by atomic mass is 10.1. The summed E-state index contributed by atoms with van der Waals surface area (Å²) >= 11 is 0. The van der Waals surface area contributed by atoms with Crippen molar-refractivity contribution in [2.75, 3.05) is 13.2 Å². The molecule has 0 aliphatic heterocycles. The van der Waals surface area contributed by atoms with Gasteiger partial charge in [0, 0.05) is 5.54 Å². The van der Waals surface area contributed by atoms with Crippen LogP contribution in [0.1, 0.15) is 13.8 Å². The fourth-order valence-electron chi connectivity index (χ4n) is 0.520. The Labute approximate surface area is 71.7 Å². The summed E-state index contributed by atoms with van der Waals surface area (Å²) in [7, 11) is 0. The number of hydrogen-bond donors (Lipinski definition) is 3. The van der Waals surface area contributed by atoms with Crippen molar-refractivity contribution >= 4 is 5.97 Å². The van der Waals surface area contributed by atoms with Gasteiger partial charge < -0.3 is 21.3 Å². The molecule has 0 saturated heterocycles. The summed E-state index contributed by atoms with van der Waals surface area (Å²) in [4.78, 5) is 10.2. The minimum Gasteiger partial charge on any atom is -0.480 e. The van der Waals surface area contributed by atoms with E-state index < -0.39 is 17.6 Å². The number of aliphatic carboxylic acids is 1. The molecule has 0 bridgehead atoms. The topological polar surface area (TPSA) is 98.6 Å². The second-order valence-electron chi connectivity index (χ2n) is 3.45. The van der Waals surface area contributed by atoms with E-state index in [1.807, 2.05) is 0 Å². The lowest BCUT2D eigenvalue weighted by molar-refractivity contribution is -0.140. The van der Waals surface area contributed by atoms with Gasteiger partial charge in [-0.25, -0.2) is 0 Å². The molecule has 0 rings (SSSR count). The van der Waals surface area contributed by atoms with E-state index in [4.69, 9.17) is 21.3 Å². The zero-order valence-corrected chi connectivity index (χ0v) is 7.41. The van der Waals surface area contributed by atoms with E-state index in [1.54, 1.807) is 13.8 Å². The standard InChI is InChI=1S/C7H16N2O3/c1-7(2,9)4-12-3-5(8)6(10)11/h5H,3-4,8-9H2,1-2H3,(H,10,11)/t5-/m0/s1. The van der Waals surface area contributed by atoms with Gasteiger partial charge in [-0.1, -0.05) is 0 Å². The van der Waals surface area contributed by atoms with Crippen LogP contribution < -0.4 is 11.5 Å². The average Bonchev–Trinajstić information content (AvgIpc) is 1.84. The molecule has 0 radical (unpaired) electrons. The Morgan fingerprint density at radius 2 is 2.17 bits per heavy atom. The van der Waals surface area contributed by atoms with Gasteiger partial charge in [0.2, 0.25) is 0 Å². The van der Waals surface area contributed by atoms with E-state index in [9.17, 15) is 4.79 Å². The second-order valence-corrected chi connectivity index (χ2v) is 3.45. The quantitative estimate of drug-likeness (QED) is 0.507. The highest BCUT2D eigenvalue weighted by molar-refractivity contribution is 5.73. The molecule has 5 N–H and O–H groups in total. The summed E-state index contributed by atoms with van der Waals surface area (Å²) < 4.78 is 4.99. The Hall–Kier alpha value is -0.650. The summed E-state index contributed by atoms with van der Waals surface area (Å²) in [5.74, 6) is -1.06. The first-order chi connectivity index (χ1) is 5.33. The number of carboxylic acid groups (broad SMARTS) is 1. The van der Waals surface area contributed by atoms with Gasteiger partial charge in [0.15, 0.2) is 0 Å². The van der Waals surface area contributed by atoms with Crippen LogP contribution in [-0.2, 0) is 9.53 Å². The molecular formula is C7H16N2O3. The van der Waals surface area contributed by atoms with E-state index in [2.05, 4.69) is 0 Å². The van der Waals surface area contributed by atoms with Crippen LogP contribution in [0.4, 0.5) is 0 Å². The molecule has 1 atom stereocenters. The van der Waals surface area contributed by atoms with Crippen molar-refractivity contribution < 1.29 is 14.6 Å². The molecular weight excluding hydrogens is 160 g/mol. The van der Waals surface area contributed by atoms with Crippen molar-refractivity contribution in [3.63, 3.8) is 0 Å². The predicted octanol–water partition coefficient (Wildman–Crippen LogP) is -0.848. The lowest BCUT2D eigenvalue weighted by Crippen LogP contribution is -2.41. The van der Waals surface area contributed by atoms with E-state index in [1.165, 1.54) is 0 Å². The van der Waals surface area contributed by atoms with Gasteiger partial charge in [-0.05, 0) is 13.8 Å². The molecule has 0 aliphatic carbocycles. The third kappa shape index (κ3) is 6.09. The fraction of sp³-hybridized carbons (Fsp3) is 0.857. The Kier molecular flexibility index (Phi) is 4.16. The van der Waals surface area contributed by atoms with Crippen molar-refractivity contribution in [2.45, 2.75) is 25.4 Å². The van der Waals surface area contributed by atoms with Crippen LogP contribution >= 0.6 is 0 Å². The molecule has 5 nitrogen and oxygen atoms in total. The molecule has 72 valence electrons. The molecule has 12 heavy (non-hydrogen) atoms. The minimum atomic E-state index is -1.06. The first-order valence-electron chi connectivity index (χ1n) is 3.68. The number of hydrogen-bond acceptors (Lipinski definition) is 4. The third-order valence-electron chi connectivity index (χ3n) is 1.09. The molecule has 0 amide bonds. The largest absolute Gasteiger partial charge is 0.480 e. The molecule has 0 heterocycles. The van der Waals surface area contributed by atoms with Crippen molar-refractivity contribution in [1.82, 2.24) is 0 Å². The maximum absolute atomic E-state index is 10.2. The highest BCUT2D eigenvalue weighted by Crippen LogP contribution is 1.96. The van der Waals surface area contributed by atoms with Crippen molar-refractivity contribution in [2.24, 2.45) is 11.5 Å². The number of rotatable bonds is 5. The van der Waals surface area contributed by atoms with Gasteiger partial charge in [-0.15, -0.1) is 0 Å². The second kappa shape index (κ2) is 4.39. The van der Waals surface area contributed by atoms with Crippen LogP contribution in [0, 0.1) is 0 Å². The number of carbonyl (C=O) groups is 1. The highest BCUT2D eigenvalue weighted by Gasteiger charge is 2.15. The number of nitrogens with two attached hydrogens (primary N) is 2. The SMILES string of the molecule is CC(C)(N)COC[C@H](N)C(=O)O. The maximum Gasteiger partial charge on any atom is 0.322 e. The molecule has 5 heteroatoms. The van der Waals surface area contributed by atoms with Crippen LogP contribution in [0.25, 0.3) is 0 Å². The summed E-state index contributed by atoms with van der Waals surface area (Å²) in [5, 5.41) is 8.38. The maximum atomic E-state index is 10.2. The molecule has 0 saturated carbocycles. The first kappa shape index (κ1) is 11.4. The highest BCUT2D eigenvalue weighted by atomic mass is 16.5. The molecule has 0 aromatic heterocycles. The molecule has 0 aliphatic rings. The molecule has 0 unspecified atom stereocenters. The molecule has 0 spiro atoms. The zero-order chi connectivity index (χ0) is 9.78. The van der Waals surface area contributed by atoms with E-state index >= 15 is 0 Å². The van der Waals surface area contributed by atoms with Crippen molar-refractivity contribution in [3.05, 3.63) is 0 Å². The monoisotopic (exact) mass is 176 g/mol. The summed E-state index contributed by atoms with van der Waals surface area (Å²) in [5.41, 5.74) is 10.3. The lowest BCUT2D eigenvalue weighted by Gasteiger charge is -2.18. The Balaban J connectivity index is 3.51.